The van der Waals surface area contributed by atoms with E-state index in [9.17, 15) is 4.79 Å². The minimum absolute atomic E-state index is 0.0786. The van der Waals surface area contributed by atoms with Crippen molar-refractivity contribution in [3.8, 4) is 12.3 Å². The van der Waals surface area contributed by atoms with Gasteiger partial charge in [-0.25, -0.2) is 0 Å². The molecule has 0 aliphatic carbocycles. The fourth-order valence-corrected chi connectivity index (χ4v) is 2.56. The average molecular weight is 283 g/mol. The van der Waals surface area contributed by atoms with Crippen LogP contribution in [0.4, 0.5) is 5.69 Å². The van der Waals surface area contributed by atoms with Gasteiger partial charge in [-0.05, 0) is 24.3 Å². The summed E-state index contributed by atoms with van der Waals surface area (Å²) in [7, 11) is 0. The van der Waals surface area contributed by atoms with Gasteiger partial charge in [-0.3, -0.25) is 9.69 Å². The summed E-state index contributed by atoms with van der Waals surface area (Å²) >= 11 is 0. The first-order valence-corrected chi connectivity index (χ1v) is 6.91. The lowest BCUT2D eigenvalue weighted by atomic mass is 10.2. The first-order valence-electron chi connectivity index (χ1n) is 6.91. The predicted molar refractivity (Wildman–Crippen MR) is 81.8 cm³/mol. The third-order valence-electron chi connectivity index (χ3n) is 3.73. The number of carbonyl (C=O) groups is 1. The van der Waals surface area contributed by atoms with Crippen LogP contribution in [0, 0.1) is 12.3 Å². The van der Waals surface area contributed by atoms with Gasteiger partial charge in [0, 0.05) is 37.3 Å². The number of benzene rings is 1. The second kappa shape index (κ2) is 5.51. The number of hydrogen-bond donors (Lipinski definition) is 1. The third kappa shape index (κ3) is 2.71. The Hall–Kier alpha value is -2.45. The van der Waals surface area contributed by atoms with E-state index >= 15 is 0 Å². The minimum atomic E-state index is -0.0786. The van der Waals surface area contributed by atoms with Crippen molar-refractivity contribution in [3.05, 3.63) is 30.0 Å². The van der Waals surface area contributed by atoms with Crippen LogP contribution in [0.25, 0.3) is 11.0 Å². The van der Waals surface area contributed by atoms with E-state index in [2.05, 4.69) is 10.8 Å². The molecule has 0 atom stereocenters. The summed E-state index contributed by atoms with van der Waals surface area (Å²) in [4.78, 5) is 16.4. The Morgan fingerprint density at radius 2 is 2.05 bits per heavy atom. The predicted octanol–water partition coefficient (Wildman–Crippen LogP) is 1.41. The summed E-state index contributed by atoms with van der Waals surface area (Å²) in [5.74, 6) is 2.91. The molecule has 0 spiro atoms. The molecule has 1 amide bonds. The first kappa shape index (κ1) is 13.5. The molecule has 2 N–H and O–H groups in total. The van der Waals surface area contributed by atoms with Crippen LogP contribution in [-0.4, -0.2) is 48.4 Å². The number of carbonyl (C=O) groups excluding carboxylic acids is 1. The highest BCUT2D eigenvalue weighted by molar-refractivity contribution is 5.96. The van der Waals surface area contributed by atoms with Gasteiger partial charge < -0.3 is 15.1 Å². The fraction of sp³-hybridized carbons (Fsp3) is 0.312. The topological polar surface area (TPSA) is 62.7 Å². The van der Waals surface area contributed by atoms with E-state index in [-0.39, 0.29) is 5.91 Å². The zero-order valence-corrected chi connectivity index (χ0v) is 11.7. The zero-order valence-electron chi connectivity index (χ0n) is 11.7. The van der Waals surface area contributed by atoms with E-state index in [4.69, 9.17) is 16.6 Å². The van der Waals surface area contributed by atoms with Gasteiger partial charge >= 0.3 is 0 Å². The maximum absolute atomic E-state index is 12.5. The highest BCUT2D eigenvalue weighted by Gasteiger charge is 2.24. The van der Waals surface area contributed by atoms with Gasteiger partial charge in [-0.15, -0.1) is 6.42 Å². The van der Waals surface area contributed by atoms with Crippen molar-refractivity contribution < 1.29 is 9.21 Å². The van der Waals surface area contributed by atoms with E-state index in [1.807, 2.05) is 0 Å². The molecule has 0 radical (unpaired) electrons. The normalized spacial score (nSPS) is 16.0. The van der Waals surface area contributed by atoms with Crippen molar-refractivity contribution in [2.24, 2.45) is 0 Å². The molecule has 1 aliphatic heterocycles. The molecule has 1 aromatic carbocycles. The van der Waals surface area contributed by atoms with Gasteiger partial charge in [0.15, 0.2) is 5.76 Å². The molecular formula is C16H17N3O2. The van der Waals surface area contributed by atoms with Gasteiger partial charge in [0.05, 0.1) is 6.54 Å². The molecule has 0 bridgehead atoms. The van der Waals surface area contributed by atoms with E-state index in [0.29, 0.717) is 36.7 Å². The summed E-state index contributed by atoms with van der Waals surface area (Å²) < 4.78 is 5.62. The molecular weight excluding hydrogens is 266 g/mol. The lowest BCUT2D eigenvalue weighted by molar-refractivity contribution is 0.0623. The Kier molecular flexibility index (Phi) is 3.55. The smallest absolute Gasteiger partial charge is 0.289 e. The molecule has 1 fully saturated rings. The van der Waals surface area contributed by atoms with E-state index in [1.54, 1.807) is 29.2 Å². The molecule has 21 heavy (non-hydrogen) atoms. The Balaban J connectivity index is 1.74. The molecule has 108 valence electrons. The zero-order chi connectivity index (χ0) is 14.8. The molecule has 0 unspecified atom stereocenters. The highest BCUT2D eigenvalue weighted by Crippen LogP contribution is 2.23. The molecule has 3 rings (SSSR count). The monoisotopic (exact) mass is 283 g/mol. The van der Waals surface area contributed by atoms with E-state index in [0.717, 1.165) is 18.5 Å². The van der Waals surface area contributed by atoms with Crippen LogP contribution >= 0.6 is 0 Å². The standard InChI is InChI=1S/C16H17N3O2/c1-2-5-18-6-8-19(9-7-18)16(20)15-11-12-10-13(17)3-4-14(12)21-15/h1,3-4,10-11H,5-9,17H2. The molecule has 5 nitrogen and oxygen atoms in total. The van der Waals surface area contributed by atoms with Crippen LogP contribution < -0.4 is 5.73 Å². The van der Waals surface area contributed by atoms with Crippen LogP contribution in [0.1, 0.15) is 10.6 Å². The molecule has 1 aliphatic rings. The van der Waals surface area contributed by atoms with Crippen LogP contribution in [0.3, 0.4) is 0 Å². The Labute approximate surface area is 123 Å². The summed E-state index contributed by atoms with van der Waals surface area (Å²) in [6, 6.07) is 7.10. The number of amides is 1. The van der Waals surface area contributed by atoms with Crippen molar-refractivity contribution in [1.29, 1.82) is 0 Å². The second-order valence-corrected chi connectivity index (χ2v) is 5.18. The number of terminal acetylenes is 1. The number of nitrogen functional groups attached to an aromatic ring is 1. The van der Waals surface area contributed by atoms with Crippen LogP contribution in [0.2, 0.25) is 0 Å². The summed E-state index contributed by atoms with van der Waals surface area (Å²) in [6.45, 7) is 3.55. The largest absolute Gasteiger partial charge is 0.451 e. The first-order chi connectivity index (χ1) is 10.2. The summed E-state index contributed by atoms with van der Waals surface area (Å²) in [6.07, 6.45) is 5.30. The molecule has 1 aromatic heterocycles. The highest BCUT2D eigenvalue weighted by atomic mass is 16.3. The van der Waals surface area contributed by atoms with E-state index in [1.165, 1.54) is 0 Å². The number of furan rings is 1. The lowest BCUT2D eigenvalue weighted by Gasteiger charge is -2.33. The van der Waals surface area contributed by atoms with Crippen LogP contribution in [0.15, 0.2) is 28.7 Å². The quantitative estimate of drug-likeness (QED) is 0.668. The summed E-state index contributed by atoms with van der Waals surface area (Å²) in [5, 5.41) is 0.851. The Morgan fingerprint density at radius 1 is 1.29 bits per heavy atom. The molecule has 0 saturated carbocycles. The van der Waals surface area contributed by atoms with Crippen molar-refractivity contribution in [2.45, 2.75) is 0 Å². The van der Waals surface area contributed by atoms with Gasteiger partial charge in [-0.1, -0.05) is 5.92 Å². The maximum Gasteiger partial charge on any atom is 0.289 e. The number of nitrogens with two attached hydrogens (primary N) is 1. The fourth-order valence-electron chi connectivity index (χ4n) is 2.56. The van der Waals surface area contributed by atoms with Gasteiger partial charge in [0.25, 0.3) is 5.91 Å². The molecule has 1 saturated heterocycles. The van der Waals surface area contributed by atoms with Crippen molar-refractivity contribution in [2.75, 3.05) is 38.5 Å². The molecule has 2 heterocycles. The third-order valence-corrected chi connectivity index (χ3v) is 3.73. The SMILES string of the molecule is C#CCN1CCN(C(=O)c2cc3cc(N)ccc3o2)CC1. The number of hydrogen-bond acceptors (Lipinski definition) is 4. The van der Waals surface area contributed by atoms with Crippen molar-refractivity contribution in [1.82, 2.24) is 9.80 Å². The maximum atomic E-state index is 12.5. The number of nitrogens with zero attached hydrogens (tertiary/aromatic N) is 2. The van der Waals surface area contributed by atoms with Crippen LogP contribution in [0.5, 0.6) is 0 Å². The van der Waals surface area contributed by atoms with Crippen LogP contribution in [-0.2, 0) is 0 Å². The Morgan fingerprint density at radius 3 is 2.76 bits per heavy atom. The number of anilines is 1. The van der Waals surface area contributed by atoms with E-state index < -0.39 is 0 Å². The number of fused-ring (bicyclic) bond motifs is 1. The molecule has 2 aromatic rings. The van der Waals surface area contributed by atoms with Crippen molar-refractivity contribution >= 4 is 22.6 Å². The number of rotatable bonds is 2. The average Bonchev–Trinajstić information content (AvgIpc) is 2.90. The minimum Gasteiger partial charge on any atom is -0.451 e. The molecule has 5 heteroatoms. The summed E-state index contributed by atoms with van der Waals surface area (Å²) in [5.41, 5.74) is 7.07. The van der Waals surface area contributed by atoms with Crippen molar-refractivity contribution in [3.63, 3.8) is 0 Å². The Bertz CT molecular complexity index is 706. The number of piperazine rings is 1. The van der Waals surface area contributed by atoms with Gasteiger partial charge in [0.1, 0.15) is 5.58 Å². The van der Waals surface area contributed by atoms with Gasteiger partial charge in [-0.2, -0.15) is 0 Å². The second-order valence-electron chi connectivity index (χ2n) is 5.18. The van der Waals surface area contributed by atoms with Gasteiger partial charge in [0.2, 0.25) is 0 Å². The lowest BCUT2D eigenvalue weighted by Crippen LogP contribution is -2.48.